The lowest BCUT2D eigenvalue weighted by molar-refractivity contribution is 0.134. The molecule has 4 unspecified atom stereocenters. The van der Waals surface area contributed by atoms with Gasteiger partial charge in [0.05, 0.1) is 0 Å². The molecular formula is C23H44. The van der Waals surface area contributed by atoms with Crippen molar-refractivity contribution in [3.63, 3.8) is 0 Å². The molecule has 0 aromatic carbocycles. The van der Waals surface area contributed by atoms with Crippen molar-refractivity contribution in [1.82, 2.24) is 0 Å². The molecule has 0 spiro atoms. The summed E-state index contributed by atoms with van der Waals surface area (Å²) >= 11 is 0. The molecule has 0 amide bonds. The summed E-state index contributed by atoms with van der Waals surface area (Å²) in [5, 5.41) is 0. The van der Waals surface area contributed by atoms with Crippen molar-refractivity contribution >= 4 is 0 Å². The minimum absolute atomic E-state index is 1.04. The van der Waals surface area contributed by atoms with Gasteiger partial charge in [-0.05, 0) is 48.9 Å². The lowest BCUT2D eigenvalue weighted by Gasteiger charge is -2.38. The maximum absolute atomic E-state index is 2.44. The molecule has 0 heteroatoms. The Morgan fingerprint density at radius 1 is 0.783 bits per heavy atom. The second kappa shape index (κ2) is 10.8. The maximum atomic E-state index is 2.44. The van der Waals surface area contributed by atoms with Gasteiger partial charge in [0.1, 0.15) is 0 Å². The van der Waals surface area contributed by atoms with E-state index in [0.29, 0.717) is 0 Å². The van der Waals surface area contributed by atoms with Gasteiger partial charge in [-0.2, -0.15) is 0 Å². The van der Waals surface area contributed by atoms with Crippen LogP contribution in [0.4, 0.5) is 0 Å². The molecule has 0 heterocycles. The van der Waals surface area contributed by atoms with E-state index in [4.69, 9.17) is 0 Å². The van der Waals surface area contributed by atoms with Gasteiger partial charge in [-0.3, -0.25) is 0 Å². The second-order valence-electron chi connectivity index (χ2n) is 8.91. The Kier molecular flexibility index (Phi) is 9.06. The molecule has 0 aromatic heterocycles. The van der Waals surface area contributed by atoms with E-state index >= 15 is 0 Å². The zero-order valence-corrected chi connectivity index (χ0v) is 16.5. The fraction of sp³-hybridized carbons (Fsp3) is 1.00. The van der Waals surface area contributed by atoms with Gasteiger partial charge in [0.25, 0.3) is 0 Å². The van der Waals surface area contributed by atoms with Crippen LogP contribution in [0.15, 0.2) is 0 Å². The summed E-state index contributed by atoms with van der Waals surface area (Å²) in [4.78, 5) is 0. The first-order valence-corrected chi connectivity index (χ1v) is 11.3. The Labute approximate surface area is 147 Å². The minimum Gasteiger partial charge on any atom is -0.0654 e. The highest BCUT2D eigenvalue weighted by molar-refractivity contribution is 4.83. The van der Waals surface area contributed by atoms with E-state index in [2.05, 4.69) is 20.8 Å². The fourth-order valence-corrected chi connectivity index (χ4v) is 5.91. The Bertz CT molecular complexity index is 288. The molecule has 0 bridgehead atoms. The van der Waals surface area contributed by atoms with Gasteiger partial charge in [0, 0.05) is 0 Å². The SMILES string of the molecule is CCCCCCC(CC1CCC(CC)C(CC)C1)C1CCCC1. The molecule has 0 aromatic rings. The van der Waals surface area contributed by atoms with Gasteiger partial charge in [0.15, 0.2) is 0 Å². The average molecular weight is 321 g/mol. The summed E-state index contributed by atoms with van der Waals surface area (Å²) in [7, 11) is 0. The van der Waals surface area contributed by atoms with E-state index in [9.17, 15) is 0 Å². The van der Waals surface area contributed by atoms with Crippen LogP contribution < -0.4 is 0 Å². The summed E-state index contributed by atoms with van der Waals surface area (Å²) in [5.74, 6) is 5.34. The molecule has 0 radical (unpaired) electrons. The predicted octanol–water partition coefficient (Wildman–Crippen LogP) is 8.01. The first-order valence-electron chi connectivity index (χ1n) is 11.3. The van der Waals surface area contributed by atoms with Crippen molar-refractivity contribution in [2.24, 2.45) is 29.6 Å². The Morgan fingerprint density at radius 3 is 2.17 bits per heavy atom. The van der Waals surface area contributed by atoms with Crippen LogP contribution >= 0.6 is 0 Å². The second-order valence-corrected chi connectivity index (χ2v) is 8.91. The summed E-state index contributed by atoms with van der Waals surface area (Å²) in [6.07, 6.45) is 22.6. The third kappa shape index (κ3) is 6.09. The highest BCUT2D eigenvalue weighted by Crippen LogP contribution is 2.44. The van der Waals surface area contributed by atoms with Crippen molar-refractivity contribution in [2.45, 2.75) is 117 Å². The lowest BCUT2D eigenvalue weighted by atomic mass is 9.68. The molecular weight excluding hydrogens is 276 g/mol. The average Bonchev–Trinajstić information content (AvgIpc) is 3.12. The summed E-state index contributed by atoms with van der Waals surface area (Å²) in [5.41, 5.74) is 0. The molecule has 2 aliphatic carbocycles. The zero-order chi connectivity index (χ0) is 16.5. The molecule has 2 aliphatic rings. The molecule has 2 saturated carbocycles. The van der Waals surface area contributed by atoms with Crippen LogP contribution in [-0.2, 0) is 0 Å². The Morgan fingerprint density at radius 2 is 1.52 bits per heavy atom. The van der Waals surface area contributed by atoms with E-state index in [1.165, 1.54) is 57.8 Å². The topological polar surface area (TPSA) is 0 Å². The van der Waals surface area contributed by atoms with Gasteiger partial charge in [-0.1, -0.05) is 97.8 Å². The monoisotopic (exact) mass is 320 g/mol. The van der Waals surface area contributed by atoms with Gasteiger partial charge in [0.2, 0.25) is 0 Å². The molecule has 0 nitrogen and oxygen atoms in total. The van der Waals surface area contributed by atoms with E-state index < -0.39 is 0 Å². The largest absolute Gasteiger partial charge is 0.0654 e. The number of hydrogen-bond acceptors (Lipinski definition) is 0. The molecule has 2 rings (SSSR count). The van der Waals surface area contributed by atoms with Crippen LogP contribution in [0, 0.1) is 29.6 Å². The van der Waals surface area contributed by atoms with Crippen molar-refractivity contribution in [2.75, 3.05) is 0 Å². The molecule has 2 fully saturated rings. The third-order valence-corrected chi connectivity index (χ3v) is 7.43. The zero-order valence-electron chi connectivity index (χ0n) is 16.5. The molecule has 0 N–H and O–H groups in total. The van der Waals surface area contributed by atoms with Crippen molar-refractivity contribution < 1.29 is 0 Å². The lowest BCUT2D eigenvalue weighted by Crippen LogP contribution is -2.27. The number of hydrogen-bond donors (Lipinski definition) is 0. The van der Waals surface area contributed by atoms with Crippen LogP contribution in [0.3, 0.4) is 0 Å². The van der Waals surface area contributed by atoms with E-state index in [1.807, 2.05) is 0 Å². The van der Waals surface area contributed by atoms with Crippen LogP contribution in [-0.4, -0.2) is 0 Å². The third-order valence-electron chi connectivity index (χ3n) is 7.43. The van der Waals surface area contributed by atoms with Gasteiger partial charge < -0.3 is 0 Å². The minimum atomic E-state index is 1.04. The Hall–Kier alpha value is 0. The van der Waals surface area contributed by atoms with Crippen molar-refractivity contribution in [1.29, 1.82) is 0 Å². The highest BCUT2D eigenvalue weighted by Gasteiger charge is 2.32. The van der Waals surface area contributed by atoms with Crippen LogP contribution in [0.25, 0.3) is 0 Å². The normalized spacial score (nSPS) is 30.7. The molecule has 0 saturated heterocycles. The molecule has 136 valence electrons. The van der Waals surface area contributed by atoms with Crippen LogP contribution in [0.2, 0.25) is 0 Å². The van der Waals surface area contributed by atoms with Crippen molar-refractivity contribution in [3.8, 4) is 0 Å². The quantitative estimate of drug-likeness (QED) is 0.358. The predicted molar refractivity (Wildman–Crippen MR) is 104 cm³/mol. The van der Waals surface area contributed by atoms with Crippen molar-refractivity contribution in [3.05, 3.63) is 0 Å². The standard InChI is InChI=1S/C23H44/c1-4-7-8-9-14-23(22-12-10-11-13-22)18-19-15-16-20(5-2)21(6-3)17-19/h19-23H,4-18H2,1-3H3. The molecule has 23 heavy (non-hydrogen) atoms. The smallest absolute Gasteiger partial charge is 0.0383 e. The maximum Gasteiger partial charge on any atom is -0.0383 e. The summed E-state index contributed by atoms with van der Waals surface area (Å²) < 4.78 is 0. The van der Waals surface area contributed by atoms with Gasteiger partial charge in [-0.15, -0.1) is 0 Å². The molecule has 0 aliphatic heterocycles. The first-order chi connectivity index (χ1) is 11.3. The highest BCUT2D eigenvalue weighted by atomic mass is 14.4. The van der Waals surface area contributed by atoms with Crippen LogP contribution in [0.1, 0.15) is 117 Å². The first kappa shape index (κ1) is 19.3. The Balaban J connectivity index is 1.83. The summed E-state index contributed by atoms with van der Waals surface area (Å²) in [6.45, 7) is 7.20. The van der Waals surface area contributed by atoms with E-state index in [-0.39, 0.29) is 0 Å². The van der Waals surface area contributed by atoms with Crippen LogP contribution in [0.5, 0.6) is 0 Å². The number of rotatable bonds is 10. The molecule has 4 atom stereocenters. The van der Waals surface area contributed by atoms with Gasteiger partial charge in [-0.25, -0.2) is 0 Å². The van der Waals surface area contributed by atoms with Gasteiger partial charge >= 0.3 is 0 Å². The summed E-state index contributed by atoms with van der Waals surface area (Å²) in [6, 6.07) is 0. The van der Waals surface area contributed by atoms with E-state index in [0.717, 1.165) is 29.6 Å². The van der Waals surface area contributed by atoms with E-state index in [1.54, 1.807) is 38.5 Å². The fourth-order valence-electron chi connectivity index (χ4n) is 5.91. The number of unbranched alkanes of at least 4 members (excludes halogenated alkanes) is 3.